The van der Waals surface area contributed by atoms with Crippen molar-refractivity contribution in [1.29, 1.82) is 0 Å². The number of phenolic OH excluding ortho intramolecular Hbond substituents is 1. The first-order chi connectivity index (χ1) is 14.3. The molecule has 1 saturated carbocycles. The minimum absolute atomic E-state index is 0.0607. The van der Waals surface area contributed by atoms with Gasteiger partial charge in [-0.05, 0) is 74.1 Å². The molecule has 0 unspecified atom stereocenters. The molecule has 0 atom stereocenters. The Hall–Kier alpha value is -2.69. The van der Waals surface area contributed by atoms with Crippen molar-refractivity contribution in [2.24, 2.45) is 0 Å². The maximum absolute atomic E-state index is 12.7. The van der Waals surface area contributed by atoms with E-state index in [9.17, 15) is 9.90 Å². The van der Waals surface area contributed by atoms with Crippen molar-refractivity contribution in [3.8, 4) is 17.2 Å². The zero-order valence-corrected chi connectivity index (χ0v) is 18.8. The second-order valence-electron chi connectivity index (χ2n) is 8.75. The molecule has 0 bridgehead atoms. The van der Waals surface area contributed by atoms with Crippen molar-refractivity contribution in [2.45, 2.75) is 71.8 Å². The minimum Gasteiger partial charge on any atom is -0.508 e. The van der Waals surface area contributed by atoms with Crippen LogP contribution in [0.2, 0.25) is 0 Å². The zero-order chi connectivity index (χ0) is 21.8. The fourth-order valence-corrected chi connectivity index (χ4v) is 4.21. The number of benzene rings is 2. The zero-order valence-electron chi connectivity index (χ0n) is 18.8. The molecule has 162 valence electrons. The molecular weight excluding hydrogens is 376 g/mol. The lowest BCUT2D eigenvalue weighted by molar-refractivity contribution is 0.186. The number of rotatable bonds is 5. The van der Waals surface area contributed by atoms with Crippen LogP contribution < -0.4 is 10.1 Å². The number of carbonyl (C=O) groups excluding carboxylic acids is 1. The standard InChI is InChI=1S/C25H34N2O3/c1-16(2)22-15-21(11-12-23(22)28)30-24-17(3)13-19(14-18(24)4)26-25(29)27(5)20-9-7-6-8-10-20/h11-16,20,28H,6-10H2,1-5H3,(H,26,29). The third-order valence-corrected chi connectivity index (χ3v) is 6.00. The number of anilines is 1. The summed E-state index contributed by atoms with van der Waals surface area (Å²) in [6.07, 6.45) is 5.83. The third kappa shape index (κ3) is 5.07. The molecule has 5 heteroatoms. The van der Waals surface area contributed by atoms with E-state index in [4.69, 9.17) is 4.74 Å². The highest BCUT2D eigenvalue weighted by Gasteiger charge is 2.22. The highest BCUT2D eigenvalue weighted by molar-refractivity contribution is 5.89. The van der Waals surface area contributed by atoms with Gasteiger partial charge in [0.2, 0.25) is 0 Å². The largest absolute Gasteiger partial charge is 0.508 e. The van der Waals surface area contributed by atoms with Gasteiger partial charge in [0.15, 0.2) is 0 Å². The quantitative estimate of drug-likeness (QED) is 0.575. The second-order valence-corrected chi connectivity index (χ2v) is 8.75. The summed E-state index contributed by atoms with van der Waals surface area (Å²) in [7, 11) is 1.89. The lowest BCUT2D eigenvalue weighted by Crippen LogP contribution is -2.40. The number of ether oxygens (including phenoxy) is 1. The first-order valence-electron chi connectivity index (χ1n) is 10.9. The van der Waals surface area contributed by atoms with Crippen LogP contribution in [0.4, 0.5) is 10.5 Å². The van der Waals surface area contributed by atoms with Crippen molar-refractivity contribution >= 4 is 11.7 Å². The van der Waals surface area contributed by atoms with Gasteiger partial charge in [0.1, 0.15) is 17.2 Å². The summed E-state index contributed by atoms with van der Waals surface area (Å²) in [5.74, 6) is 1.95. The van der Waals surface area contributed by atoms with Crippen LogP contribution in [0, 0.1) is 13.8 Å². The molecule has 3 rings (SSSR count). The van der Waals surface area contributed by atoms with E-state index in [2.05, 4.69) is 5.32 Å². The van der Waals surface area contributed by atoms with Crippen molar-refractivity contribution in [3.05, 3.63) is 47.0 Å². The predicted octanol–water partition coefficient (Wildman–Crippen LogP) is 6.72. The maximum Gasteiger partial charge on any atom is 0.321 e. The van der Waals surface area contributed by atoms with Crippen LogP contribution in [0.15, 0.2) is 30.3 Å². The Labute approximate surface area is 180 Å². The van der Waals surface area contributed by atoms with Crippen LogP contribution in [0.5, 0.6) is 17.2 Å². The molecule has 1 fully saturated rings. The SMILES string of the molecule is Cc1cc(NC(=O)N(C)C2CCCCC2)cc(C)c1Oc1ccc(O)c(C(C)C)c1. The van der Waals surface area contributed by atoms with Gasteiger partial charge in [0.25, 0.3) is 0 Å². The van der Waals surface area contributed by atoms with E-state index >= 15 is 0 Å². The first-order valence-corrected chi connectivity index (χ1v) is 10.9. The number of amides is 2. The molecule has 0 saturated heterocycles. The van der Waals surface area contributed by atoms with Gasteiger partial charge in [-0.2, -0.15) is 0 Å². The summed E-state index contributed by atoms with van der Waals surface area (Å²) in [6, 6.07) is 9.48. The molecule has 1 aliphatic rings. The number of aromatic hydroxyl groups is 1. The lowest BCUT2D eigenvalue weighted by Gasteiger charge is -2.31. The van der Waals surface area contributed by atoms with Gasteiger partial charge in [-0.1, -0.05) is 33.1 Å². The number of aryl methyl sites for hydroxylation is 2. The van der Waals surface area contributed by atoms with Gasteiger partial charge in [-0.3, -0.25) is 0 Å². The summed E-state index contributed by atoms with van der Waals surface area (Å²) in [5, 5.41) is 13.1. The second kappa shape index (κ2) is 9.41. The minimum atomic E-state index is -0.0607. The Balaban J connectivity index is 1.74. The number of urea groups is 1. The molecule has 0 heterocycles. The van der Waals surface area contributed by atoms with E-state index in [1.807, 2.05) is 57.8 Å². The molecule has 0 radical (unpaired) electrons. The van der Waals surface area contributed by atoms with Crippen LogP contribution in [0.1, 0.15) is 68.6 Å². The van der Waals surface area contributed by atoms with E-state index in [0.717, 1.165) is 41.0 Å². The Morgan fingerprint density at radius 2 is 1.73 bits per heavy atom. The average molecular weight is 411 g/mol. The van der Waals surface area contributed by atoms with Crippen molar-refractivity contribution in [1.82, 2.24) is 4.90 Å². The summed E-state index contributed by atoms with van der Waals surface area (Å²) in [5.41, 5.74) is 3.53. The first kappa shape index (κ1) is 22.0. The molecule has 2 aromatic rings. The van der Waals surface area contributed by atoms with E-state index in [0.29, 0.717) is 11.8 Å². The number of phenols is 1. The summed E-state index contributed by atoms with van der Waals surface area (Å²) >= 11 is 0. The fourth-order valence-electron chi connectivity index (χ4n) is 4.21. The molecule has 30 heavy (non-hydrogen) atoms. The summed E-state index contributed by atoms with van der Waals surface area (Å²) < 4.78 is 6.15. The topological polar surface area (TPSA) is 61.8 Å². The van der Waals surface area contributed by atoms with Crippen molar-refractivity contribution < 1.29 is 14.6 Å². The average Bonchev–Trinajstić information content (AvgIpc) is 2.71. The van der Waals surface area contributed by atoms with Crippen LogP contribution in [0.3, 0.4) is 0 Å². The van der Waals surface area contributed by atoms with Crippen molar-refractivity contribution in [3.63, 3.8) is 0 Å². The highest BCUT2D eigenvalue weighted by atomic mass is 16.5. The van der Waals surface area contributed by atoms with E-state index in [1.54, 1.807) is 12.1 Å². The molecule has 2 aromatic carbocycles. The van der Waals surface area contributed by atoms with Crippen molar-refractivity contribution in [2.75, 3.05) is 12.4 Å². The third-order valence-electron chi connectivity index (χ3n) is 6.00. The van der Waals surface area contributed by atoms with Gasteiger partial charge in [0, 0.05) is 24.3 Å². The molecular formula is C25H34N2O3. The molecule has 2 amide bonds. The number of hydrogen-bond donors (Lipinski definition) is 2. The van der Waals surface area contributed by atoms with Gasteiger partial charge >= 0.3 is 6.03 Å². The van der Waals surface area contributed by atoms with Gasteiger partial charge < -0.3 is 20.1 Å². The smallest absolute Gasteiger partial charge is 0.321 e. The van der Waals surface area contributed by atoms with Crippen LogP contribution in [-0.4, -0.2) is 29.1 Å². The molecule has 5 nitrogen and oxygen atoms in total. The van der Waals surface area contributed by atoms with Crippen LogP contribution in [-0.2, 0) is 0 Å². The maximum atomic E-state index is 12.7. The van der Waals surface area contributed by atoms with E-state index in [-0.39, 0.29) is 17.7 Å². The molecule has 0 aromatic heterocycles. The fraction of sp³-hybridized carbons (Fsp3) is 0.480. The summed E-state index contributed by atoms with van der Waals surface area (Å²) in [6.45, 7) is 8.04. The highest BCUT2D eigenvalue weighted by Crippen LogP contribution is 2.35. The number of carbonyl (C=O) groups is 1. The molecule has 0 aliphatic heterocycles. The van der Waals surface area contributed by atoms with Gasteiger partial charge in [-0.15, -0.1) is 0 Å². The van der Waals surface area contributed by atoms with E-state index < -0.39 is 0 Å². The molecule has 0 spiro atoms. The van der Waals surface area contributed by atoms with Crippen LogP contribution in [0.25, 0.3) is 0 Å². The number of nitrogens with one attached hydrogen (secondary N) is 1. The Morgan fingerprint density at radius 3 is 2.33 bits per heavy atom. The normalized spacial score (nSPS) is 14.6. The number of nitrogens with zero attached hydrogens (tertiary/aromatic N) is 1. The predicted molar refractivity (Wildman–Crippen MR) is 122 cm³/mol. The lowest BCUT2D eigenvalue weighted by atomic mass is 9.95. The Bertz CT molecular complexity index is 878. The molecule has 1 aliphatic carbocycles. The summed E-state index contributed by atoms with van der Waals surface area (Å²) in [4.78, 5) is 14.5. The Morgan fingerprint density at radius 1 is 1.10 bits per heavy atom. The van der Waals surface area contributed by atoms with Crippen LogP contribution >= 0.6 is 0 Å². The van der Waals surface area contributed by atoms with Gasteiger partial charge in [0.05, 0.1) is 0 Å². The van der Waals surface area contributed by atoms with Gasteiger partial charge in [-0.25, -0.2) is 4.79 Å². The Kier molecular flexibility index (Phi) is 6.91. The number of hydrogen-bond acceptors (Lipinski definition) is 3. The van der Waals surface area contributed by atoms with E-state index in [1.165, 1.54) is 19.3 Å². The molecule has 2 N–H and O–H groups in total. The monoisotopic (exact) mass is 410 g/mol.